The number of aliphatic hydroxyl groups is 1. The minimum atomic E-state index is 0.215. The van der Waals surface area contributed by atoms with E-state index in [1.54, 1.807) is 0 Å². The van der Waals surface area contributed by atoms with Gasteiger partial charge in [-0.1, -0.05) is 13.8 Å². The molecule has 0 aromatic carbocycles. The molecule has 0 spiro atoms. The Bertz CT molecular complexity index is 70.2. The van der Waals surface area contributed by atoms with Gasteiger partial charge in [0.05, 0.1) is 6.61 Å². The van der Waals surface area contributed by atoms with Crippen molar-refractivity contribution in [3.8, 4) is 0 Å². The highest BCUT2D eigenvalue weighted by Gasteiger charge is 2.07. The van der Waals surface area contributed by atoms with Crippen LogP contribution >= 0.6 is 0 Å². The molecule has 68 valence electrons. The van der Waals surface area contributed by atoms with Crippen molar-refractivity contribution in [2.24, 2.45) is 0 Å². The number of nitrogens with zero attached hydrogens (tertiary/aromatic N) is 1. The quantitative estimate of drug-likeness (QED) is 0.570. The third-order valence-electron chi connectivity index (χ3n) is 2.00. The molecular formula is C8H20N2O. The maximum atomic E-state index is 8.88. The van der Waals surface area contributed by atoms with Gasteiger partial charge in [-0.15, -0.1) is 0 Å². The van der Waals surface area contributed by atoms with Crippen LogP contribution in [0.3, 0.4) is 0 Å². The fourth-order valence-electron chi connectivity index (χ4n) is 1.03. The molecule has 0 heterocycles. The first-order valence-corrected chi connectivity index (χ1v) is 4.28. The van der Waals surface area contributed by atoms with E-state index in [0.29, 0.717) is 0 Å². The zero-order valence-electron chi connectivity index (χ0n) is 7.80. The number of hydrogen-bond donors (Lipinski definition) is 2. The molecule has 0 rings (SSSR count). The average Bonchev–Trinajstić information content (AvgIpc) is 2.07. The van der Waals surface area contributed by atoms with Crippen LogP contribution in [0.5, 0.6) is 0 Å². The van der Waals surface area contributed by atoms with Crippen molar-refractivity contribution in [1.82, 2.24) is 10.2 Å². The van der Waals surface area contributed by atoms with Crippen LogP contribution in [0.15, 0.2) is 0 Å². The summed E-state index contributed by atoms with van der Waals surface area (Å²) < 4.78 is 0. The first-order valence-electron chi connectivity index (χ1n) is 4.28. The van der Waals surface area contributed by atoms with Gasteiger partial charge in [-0.05, 0) is 20.1 Å². The molecule has 0 aliphatic rings. The van der Waals surface area contributed by atoms with E-state index in [-0.39, 0.29) is 12.6 Å². The molecule has 11 heavy (non-hydrogen) atoms. The summed E-state index contributed by atoms with van der Waals surface area (Å²) in [4.78, 5) is 2.29. The van der Waals surface area contributed by atoms with E-state index in [2.05, 4.69) is 24.1 Å². The maximum Gasteiger partial charge on any atom is 0.0597 e. The molecule has 3 nitrogen and oxygen atoms in total. The molecule has 0 saturated carbocycles. The predicted octanol–water partition coefficient (Wildman–Crippen LogP) is -0.0915. The van der Waals surface area contributed by atoms with Crippen LogP contribution in [0.2, 0.25) is 0 Å². The highest BCUT2D eigenvalue weighted by molar-refractivity contribution is 4.67. The molecule has 0 saturated heterocycles. The SMILES string of the molecule is CCN(CC)CC(CO)NC. The zero-order chi connectivity index (χ0) is 8.69. The number of likely N-dealkylation sites (N-methyl/N-ethyl adjacent to an activating group) is 2. The van der Waals surface area contributed by atoms with Gasteiger partial charge in [0.2, 0.25) is 0 Å². The van der Waals surface area contributed by atoms with Crippen molar-refractivity contribution in [3.63, 3.8) is 0 Å². The molecule has 3 heteroatoms. The normalized spacial score (nSPS) is 13.9. The second-order valence-electron chi connectivity index (χ2n) is 2.65. The summed E-state index contributed by atoms with van der Waals surface area (Å²) in [6.45, 7) is 7.51. The zero-order valence-corrected chi connectivity index (χ0v) is 7.80. The Kier molecular flexibility index (Phi) is 6.51. The third kappa shape index (κ3) is 4.35. The van der Waals surface area contributed by atoms with Crippen molar-refractivity contribution in [2.75, 3.05) is 33.3 Å². The number of aliphatic hydroxyl groups excluding tert-OH is 1. The summed E-state index contributed by atoms with van der Waals surface area (Å²) in [6.07, 6.45) is 0. The van der Waals surface area contributed by atoms with Gasteiger partial charge >= 0.3 is 0 Å². The molecular weight excluding hydrogens is 140 g/mol. The van der Waals surface area contributed by atoms with Gasteiger partial charge in [-0.2, -0.15) is 0 Å². The van der Waals surface area contributed by atoms with Crippen molar-refractivity contribution in [2.45, 2.75) is 19.9 Å². The van der Waals surface area contributed by atoms with E-state index in [9.17, 15) is 0 Å². The molecule has 1 unspecified atom stereocenters. The fraction of sp³-hybridized carbons (Fsp3) is 1.00. The monoisotopic (exact) mass is 160 g/mol. The molecule has 2 N–H and O–H groups in total. The van der Waals surface area contributed by atoms with Crippen LogP contribution in [0, 0.1) is 0 Å². The van der Waals surface area contributed by atoms with Crippen molar-refractivity contribution in [1.29, 1.82) is 0 Å². The lowest BCUT2D eigenvalue weighted by molar-refractivity contribution is 0.195. The van der Waals surface area contributed by atoms with Crippen LogP contribution in [0.1, 0.15) is 13.8 Å². The van der Waals surface area contributed by atoms with Crippen LogP contribution < -0.4 is 5.32 Å². The first-order chi connectivity index (χ1) is 5.28. The second kappa shape index (κ2) is 6.58. The number of hydrogen-bond acceptors (Lipinski definition) is 3. The van der Waals surface area contributed by atoms with Gasteiger partial charge in [0.1, 0.15) is 0 Å². The Labute approximate surface area is 69.4 Å². The molecule has 0 bridgehead atoms. The molecule has 0 fully saturated rings. The number of rotatable bonds is 6. The van der Waals surface area contributed by atoms with Gasteiger partial charge in [0.15, 0.2) is 0 Å². The molecule has 0 aromatic rings. The summed E-state index contributed by atoms with van der Waals surface area (Å²) in [5.74, 6) is 0. The van der Waals surface area contributed by atoms with Gasteiger partial charge in [-0.3, -0.25) is 0 Å². The highest BCUT2D eigenvalue weighted by atomic mass is 16.3. The summed E-state index contributed by atoms with van der Waals surface area (Å²) in [5.41, 5.74) is 0. The lowest BCUT2D eigenvalue weighted by Crippen LogP contribution is -2.41. The molecule has 0 aliphatic carbocycles. The lowest BCUT2D eigenvalue weighted by atomic mass is 10.3. The highest BCUT2D eigenvalue weighted by Crippen LogP contribution is 1.90. The molecule has 0 aromatic heterocycles. The van der Waals surface area contributed by atoms with Crippen molar-refractivity contribution < 1.29 is 5.11 Å². The van der Waals surface area contributed by atoms with E-state index >= 15 is 0 Å². The number of nitrogens with one attached hydrogen (secondary N) is 1. The minimum absolute atomic E-state index is 0.215. The molecule has 0 aliphatic heterocycles. The Morgan fingerprint density at radius 1 is 1.36 bits per heavy atom. The second-order valence-corrected chi connectivity index (χ2v) is 2.65. The van der Waals surface area contributed by atoms with Crippen LogP contribution in [-0.2, 0) is 0 Å². The van der Waals surface area contributed by atoms with E-state index in [1.165, 1.54) is 0 Å². The van der Waals surface area contributed by atoms with Crippen LogP contribution in [0.4, 0.5) is 0 Å². The van der Waals surface area contributed by atoms with E-state index in [0.717, 1.165) is 19.6 Å². The smallest absolute Gasteiger partial charge is 0.0597 e. The Balaban J connectivity index is 3.58. The van der Waals surface area contributed by atoms with Gasteiger partial charge in [0.25, 0.3) is 0 Å². The Morgan fingerprint density at radius 2 is 1.91 bits per heavy atom. The third-order valence-corrected chi connectivity index (χ3v) is 2.00. The van der Waals surface area contributed by atoms with E-state index < -0.39 is 0 Å². The molecule has 0 radical (unpaired) electrons. The summed E-state index contributed by atoms with van der Waals surface area (Å²) in [6, 6.07) is 0.217. The lowest BCUT2D eigenvalue weighted by Gasteiger charge is -2.23. The Morgan fingerprint density at radius 3 is 2.18 bits per heavy atom. The maximum absolute atomic E-state index is 8.88. The largest absolute Gasteiger partial charge is 0.395 e. The summed E-state index contributed by atoms with van der Waals surface area (Å²) in [5, 5.41) is 11.9. The van der Waals surface area contributed by atoms with Gasteiger partial charge in [-0.25, -0.2) is 0 Å². The van der Waals surface area contributed by atoms with E-state index in [4.69, 9.17) is 5.11 Å². The van der Waals surface area contributed by atoms with Crippen molar-refractivity contribution >= 4 is 0 Å². The first kappa shape index (κ1) is 10.9. The van der Waals surface area contributed by atoms with Gasteiger partial charge in [0, 0.05) is 12.6 Å². The summed E-state index contributed by atoms with van der Waals surface area (Å²) in [7, 11) is 1.88. The standard InChI is InChI=1S/C8H20N2O/c1-4-10(5-2)6-8(7-11)9-3/h8-9,11H,4-7H2,1-3H3. The fourth-order valence-corrected chi connectivity index (χ4v) is 1.03. The summed E-state index contributed by atoms with van der Waals surface area (Å²) >= 11 is 0. The topological polar surface area (TPSA) is 35.5 Å². The predicted molar refractivity (Wildman–Crippen MR) is 47.7 cm³/mol. The van der Waals surface area contributed by atoms with Crippen molar-refractivity contribution in [3.05, 3.63) is 0 Å². The van der Waals surface area contributed by atoms with Crippen LogP contribution in [-0.4, -0.2) is 49.3 Å². The average molecular weight is 160 g/mol. The Hall–Kier alpha value is -0.120. The van der Waals surface area contributed by atoms with E-state index in [1.807, 2.05) is 7.05 Å². The van der Waals surface area contributed by atoms with Crippen LogP contribution in [0.25, 0.3) is 0 Å². The van der Waals surface area contributed by atoms with Gasteiger partial charge < -0.3 is 15.3 Å². The molecule has 0 amide bonds. The molecule has 1 atom stereocenters. The minimum Gasteiger partial charge on any atom is -0.395 e.